The molecule has 0 bridgehead atoms. The third-order valence-electron chi connectivity index (χ3n) is 4.39. The highest BCUT2D eigenvalue weighted by molar-refractivity contribution is 5.85. The summed E-state index contributed by atoms with van der Waals surface area (Å²) in [6, 6.07) is 12.7. The van der Waals surface area contributed by atoms with E-state index in [0.717, 1.165) is 11.1 Å². The Morgan fingerprint density at radius 2 is 1.59 bits per heavy atom. The minimum Gasteiger partial charge on any atom is -0.496 e. The lowest BCUT2D eigenvalue weighted by atomic mass is 9.94. The van der Waals surface area contributed by atoms with Gasteiger partial charge in [0.25, 0.3) is 0 Å². The smallest absolute Gasteiger partial charge is 0.225 e. The lowest BCUT2D eigenvalue weighted by Crippen LogP contribution is -2.35. The minimum absolute atomic E-state index is 0. The van der Waals surface area contributed by atoms with E-state index in [9.17, 15) is 4.79 Å². The largest absolute Gasteiger partial charge is 0.496 e. The zero-order valence-electron chi connectivity index (χ0n) is 16.0. The topological polar surface area (TPSA) is 82.8 Å². The van der Waals surface area contributed by atoms with Gasteiger partial charge in [0.15, 0.2) is 0 Å². The van der Waals surface area contributed by atoms with Crippen LogP contribution in [0.25, 0.3) is 0 Å². The standard InChI is InChI=1S/C20H26N2O4.ClH/c1-13(19(21)14-8-6-5-7-9-14)20(23)22-12-16-17(25-3)10-15(24-2)11-18(16)26-4;/h5-11,13,19H,12,21H2,1-4H3,(H,22,23);1H. The Morgan fingerprint density at radius 1 is 1.04 bits per heavy atom. The van der Waals surface area contributed by atoms with Gasteiger partial charge in [0.05, 0.1) is 39.4 Å². The van der Waals surface area contributed by atoms with Crippen LogP contribution in [0.2, 0.25) is 0 Å². The Morgan fingerprint density at radius 3 is 2.07 bits per heavy atom. The molecule has 0 saturated carbocycles. The van der Waals surface area contributed by atoms with Crippen LogP contribution in [-0.4, -0.2) is 27.2 Å². The van der Waals surface area contributed by atoms with Crippen LogP contribution in [-0.2, 0) is 11.3 Å². The van der Waals surface area contributed by atoms with Crippen molar-refractivity contribution in [3.8, 4) is 17.2 Å². The van der Waals surface area contributed by atoms with Gasteiger partial charge in [-0.3, -0.25) is 4.79 Å². The van der Waals surface area contributed by atoms with Gasteiger partial charge in [0, 0.05) is 18.2 Å². The van der Waals surface area contributed by atoms with Crippen LogP contribution in [0.3, 0.4) is 0 Å². The SMILES string of the molecule is COc1cc(OC)c(CNC(=O)C(C)C(N)c2ccccc2)c(OC)c1.Cl. The molecule has 6 nitrogen and oxygen atoms in total. The van der Waals surface area contributed by atoms with Crippen molar-refractivity contribution in [2.24, 2.45) is 11.7 Å². The fraction of sp³-hybridized carbons (Fsp3) is 0.350. The molecule has 0 aliphatic rings. The molecule has 2 aromatic carbocycles. The van der Waals surface area contributed by atoms with Gasteiger partial charge in [-0.15, -0.1) is 12.4 Å². The molecule has 0 saturated heterocycles. The fourth-order valence-electron chi connectivity index (χ4n) is 2.72. The van der Waals surface area contributed by atoms with Gasteiger partial charge in [-0.1, -0.05) is 37.3 Å². The van der Waals surface area contributed by atoms with Crippen LogP contribution in [0.5, 0.6) is 17.2 Å². The molecule has 148 valence electrons. The molecular formula is C20H27ClN2O4. The van der Waals surface area contributed by atoms with E-state index >= 15 is 0 Å². The third kappa shape index (κ3) is 5.52. The van der Waals surface area contributed by atoms with Gasteiger partial charge in [-0.25, -0.2) is 0 Å². The number of nitrogens with two attached hydrogens (primary N) is 1. The van der Waals surface area contributed by atoms with Crippen LogP contribution in [0.4, 0.5) is 0 Å². The lowest BCUT2D eigenvalue weighted by molar-refractivity contribution is -0.125. The van der Waals surface area contributed by atoms with Gasteiger partial charge < -0.3 is 25.3 Å². The van der Waals surface area contributed by atoms with Gasteiger partial charge >= 0.3 is 0 Å². The number of nitrogens with one attached hydrogen (secondary N) is 1. The molecule has 2 aromatic rings. The van der Waals surface area contributed by atoms with Crippen molar-refractivity contribution in [2.45, 2.75) is 19.5 Å². The molecule has 0 radical (unpaired) electrons. The number of hydrogen-bond donors (Lipinski definition) is 2. The lowest BCUT2D eigenvalue weighted by Gasteiger charge is -2.21. The van der Waals surface area contributed by atoms with Crippen molar-refractivity contribution in [1.29, 1.82) is 0 Å². The molecule has 7 heteroatoms. The number of hydrogen-bond acceptors (Lipinski definition) is 5. The Hall–Kier alpha value is -2.44. The van der Waals surface area contributed by atoms with E-state index in [4.69, 9.17) is 19.9 Å². The maximum atomic E-state index is 12.6. The summed E-state index contributed by atoms with van der Waals surface area (Å²) in [5, 5.41) is 2.92. The Bertz CT molecular complexity index is 715. The number of halogens is 1. The average molecular weight is 395 g/mol. The highest BCUT2D eigenvalue weighted by atomic mass is 35.5. The molecule has 0 aliphatic carbocycles. The van der Waals surface area contributed by atoms with Crippen molar-refractivity contribution in [1.82, 2.24) is 5.32 Å². The first-order chi connectivity index (χ1) is 12.5. The molecular weight excluding hydrogens is 368 g/mol. The summed E-state index contributed by atoms with van der Waals surface area (Å²) >= 11 is 0. The van der Waals surface area contributed by atoms with Crippen LogP contribution in [0.1, 0.15) is 24.1 Å². The number of carbonyl (C=O) groups excluding carboxylic acids is 1. The summed E-state index contributed by atoms with van der Waals surface area (Å²) in [4.78, 5) is 12.6. The summed E-state index contributed by atoms with van der Waals surface area (Å²) in [6.45, 7) is 2.08. The Labute approximate surface area is 166 Å². The summed E-state index contributed by atoms with van der Waals surface area (Å²) in [7, 11) is 4.70. The maximum Gasteiger partial charge on any atom is 0.225 e. The van der Waals surface area contributed by atoms with Gasteiger partial charge in [-0.2, -0.15) is 0 Å². The first kappa shape index (κ1) is 22.6. The molecule has 0 fully saturated rings. The van der Waals surface area contributed by atoms with E-state index in [2.05, 4.69) is 5.32 Å². The first-order valence-electron chi connectivity index (χ1n) is 8.39. The molecule has 27 heavy (non-hydrogen) atoms. The van der Waals surface area contributed by atoms with Crippen LogP contribution in [0.15, 0.2) is 42.5 Å². The number of ether oxygens (including phenoxy) is 3. The van der Waals surface area contributed by atoms with Crippen LogP contribution in [0, 0.1) is 5.92 Å². The summed E-state index contributed by atoms with van der Waals surface area (Å²) in [5.41, 5.74) is 7.90. The number of rotatable bonds is 8. The van der Waals surface area contributed by atoms with E-state index in [1.54, 1.807) is 33.5 Å². The van der Waals surface area contributed by atoms with Crippen LogP contribution < -0.4 is 25.3 Å². The van der Waals surface area contributed by atoms with Gasteiger partial charge in [-0.05, 0) is 5.56 Å². The second-order valence-corrected chi connectivity index (χ2v) is 5.95. The quantitative estimate of drug-likeness (QED) is 0.718. The normalized spacial score (nSPS) is 12.3. The number of amides is 1. The second-order valence-electron chi connectivity index (χ2n) is 5.95. The zero-order chi connectivity index (χ0) is 19.1. The molecule has 3 N–H and O–H groups in total. The average Bonchev–Trinajstić information content (AvgIpc) is 2.70. The fourth-order valence-corrected chi connectivity index (χ4v) is 2.72. The molecule has 0 spiro atoms. The molecule has 1 amide bonds. The minimum atomic E-state index is -0.382. The van der Waals surface area contributed by atoms with Crippen molar-refractivity contribution in [3.05, 3.63) is 53.6 Å². The second kappa shape index (κ2) is 10.6. The predicted molar refractivity (Wildman–Crippen MR) is 108 cm³/mol. The van der Waals surface area contributed by atoms with Gasteiger partial charge in [0.1, 0.15) is 17.2 Å². The molecule has 0 heterocycles. The van der Waals surface area contributed by atoms with Crippen LogP contribution >= 0.6 is 12.4 Å². The van der Waals surface area contributed by atoms with E-state index in [1.165, 1.54) is 0 Å². The van der Waals surface area contributed by atoms with Gasteiger partial charge in [0.2, 0.25) is 5.91 Å². The molecule has 2 rings (SSSR count). The van der Waals surface area contributed by atoms with E-state index < -0.39 is 0 Å². The highest BCUT2D eigenvalue weighted by Crippen LogP contribution is 2.34. The first-order valence-corrected chi connectivity index (χ1v) is 8.39. The summed E-state index contributed by atoms with van der Waals surface area (Å²) < 4.78 is 16.0. The molecule has 2 unspecified atom stereocenters. The van der Waals surface area contributed by atoms with E-state index in [1.807, 2.05) is 37.3 Å². The number of methoxy groups -OCH3 is 3. The maximum absolute atomic E-state index is 12.6. The molecule has 0 aliphatic heterocycles. The molecule has 2 atom stereocenters. The Balaban J connectivity index is 0.00000364. The van der Waals surface area contributed by atoms with Crippen molar-refractivity contribution in [2.75, 3.05) is 21.3 Å². The zero-order valence-corrected chi connectivity index (χ0v) is 16.8. The molecule has 0 aromatic heterocycles. The van der Waals surface area contributed by atoms with Crippen molar-refractivity contribution < 1.29 is 19.0 Å². The Kier molecular flexibility index (Phi) is 8.91. The van der Waals surface area contributed by atoms with E-state index in [-0.39, 0.29) is 36.8 Å². The van der Waals surface area contributed by atoms with Crippen molar-refractivity contribution >= 4 is 18.3 Å². The van der Waals surface area contributed by atoms with Crippen molar-refractivity contribution in [3.63, 3.8) is 0 Å². The monoisotopic (exact) mass is 394 g/mol. The summed E-state index contributed by atoms with van der Waals surface area (Å²) in [6.07, 6.45) is 0. The third-order valence-corrected chi connectivity index (χ3v) is 4.39. The number of carbonyl (C=O) groups is 1. The summed E-state index contributed by atoms with van der Waals surface area (Å²) in [5.74, 6) is 1.27. The number of benzene rings is 2. The predicted octanol–water partition coefficient (Wildman–Crippen LogP) is 3.09. The highest BCUT2D eigenvalue weighted by Gasteiger charge is 2.23. The van der Waals surface area contributed by atoms with E-state index in [0.29, 0.717) is 17.2 Å².